The van der Waals surface area contributed by atoms with E-state index in [1.807, 2.05) is 38.1 Å². The van der Waals surface area contributed by atoms with Gasteiger partial charge in [0.1, 0.15) is 24.7 Å². The van der Waals surface area contributed by atoms with Crippen LogP contribution in [0.5, 0.6) is 0 Å². The first-order valence-electron chi connectivity index (χ1n) is 6.47. The minimum absolute atomic E-state index is 0.114. The molecule has 1 unspecified atom stereocenters. The molecule has 1 amide bonds. The summed E-state index contributed by atoms with van der Waals surface area (Å²) in [4.78, 5) is 14.2. The molecule has 1 aromatic carbocycles. The monoisotopic (exact) mass is 292 g/mol. The Morgan fingerprint density at radius 1 is 1.35 bits per heavy atom. The van der Waals surface area contributed by atoms with Gasteiger partial charge in [-0.25, -0.2) is 0 Å². The highest BCUT2D eigenvalue weighted by Gasteiger charge is 2.23. The predicted molar refractivity (Wildman–Crippen MR) is 78.6 cm³/mol. The van der Waals surface area contributed by atoms with Crippen LogP contribution < -0.4 is 4.90 Å². The maximum atomic E-state index is 12.5. The van der Waals surface area contributed by atoms with E-state index in [4.69, 9.17) is 11.6 Å². The van der Waals surface area contributed by atoms with Crippen LogP contribution in [0, 0.1) is 6.92 Å². The Bertz CT molecular complexity index is 570. The first kappa shape index (κ1) is 14.5. The van der Waals surface area contributed by atoms with Gasteiger partial charge in [0.15, 0.2) is 0 Å². The van der Waals surface area contributed by atoms with Gasteiger partial charge in [0, 0.05) is 5.69 Å². The van der Waals surface area contributed by atoms with Crippen LogP contribution in [0.2, 0.25) is 0 Å². The topological polar surface area (TPSA) is 51.0 Å². The minimum atomic E-state index is -0.536. The van der Waals surface area contributed by atoms with Crippen LogP contribution in [0.25, 0.3) is 0 Å². The van der Waals surface area contributed by atoms with Crippen molar-refractivity contribution < 1.29 is 4.79 Å². The van der Waals surface area contributed by atoms with Crippen LogP contribution in [0.1, 0.15) is 18.9 Å². The molecule has 5 nitrogen and oxygen atoms in total. The second-order valence-corrected chi connectivity index (χ2v) is 5.07. The number of aromatic nitrogens is 3. The van der Waals surface area contributed by atoms with Crippen molar-refractivity contribution in [1.82, 2.24) is 14.8 Å². The van der Waals surface area contributed by atoms with Gasteiger partial charge in [0.2, 0.25) is 5.91 Å². The maximum Gasteiger partial charge on any atom is 0.246 e. The van der Waals surface area contributed by atoms with Crippen molar-refractivity contribution >= 4 is 23.2 Å². The average molecular weight is 293 g/mol. The lowest BCUT2D eigenvalue weighted by molar-refractivity contribution is -0.118. The van der Waals surface area contributed by atoms with Crippen LogP contribution in [0.15, 0.2) is 36.9 Å². The number of carbonyl (C=O) groups is 1. The lowest BCUT2D eigenvalue weighted by Crippen LogP contribution is -2.38. The number of benzene rings is 1. The predicted octanol–water partition coefficient (Wildman–Crippen LogP) is 2.59. The zero-order valence-corrected chi connectivity index (χ0v) is 12.3. The Balaban J connectivity index is 2.33. The lowest BCUT2D eigenvalue weighted by atomic mass is 10.1. The number of halogens is 1. The van der Waals surface area contributed by atoms with Gasteiger partial charge in [-0.05, 0) is 25.0 Å². The maximum absolute atomic E-state index is 12.5. The summed E-state index contributed by atoms with van der Waals surface area (Å²) in [5.74, 6) is -0.114. The molecule has 1 atom stereocenters. The average Bonchev–Trinajstić information content (AvgIpc) is 2.97. The number of carbonyl (C=O) groups excluding carboxylic acids is 1. The molecule has 0 radical (unpaired) electrons. The first-order valence-corrected chi connectivity index (χ1v) is 6.90. The molecule has 6 heteroatoms. The molecular formula is C14H17ClN4O. The van der Waals surface area contributed by atoms with E-state index < -0.39 is 5.38 Å². The number of para-hydroxylation sites is 1. The molecule has 20 heavy (non-hydrogen) atoms. The number of alkyl halides is 1. The highest BCUT2D eigenvalue weighted by atomic mass is 35.5. The van der Waals surface area contributed by atoms with Gasteiger partial charge in [-0.1, -0.05) is 25.1 Å². The van der Waals surface area contributed by atoms with E-state index in [-0.39, 0.29) is 5.91 Å². The van der Waals surface area contributed by atoms with Crippen LogP contribution in [-0.2, 0) is 11.5 Å². The molecule has 0 aliphatic carbocycles. The van der Waals surface area contributed by atoms with E-state index in [1.54, 1.807) is 22.1 Å². The van der Waals surface area contributed by atoms with E-state index in [0.717, 1.165) is 11.3 Å². The molecule has 0 fully saturated rings. The summed E-state index contributed by atoms with van der Waals surface area (Å²) >= 11 is 6.12. The zero-order chi connectivity index (χ0) is 14.5. The second kappa shape index (κ2) is 6.52. The van der Waals surface area contributed by atoms with E-state index in [1.165, 1.54) is 0 Å². The zero-order valence-electron chi connectivity index (χ0n) is 11.5. The van der Waals surface area contributed by atoms with E-state index in [2.05, 4.69) is 10.2 Å². The van der Waals surface area contributed by atoms with E-state index in [0.29, 0.717) is 13.1 Å². The first-order chi connectivity index (χ1) is 9.63. The van der Waals surface area contributed by atoms with Gasteiger partial charge >= 0.3 is 0 Å². The molecule has 0 bridgehead atoms. The molecule has 1 heterocycles. The highest BCUT2D eigenvalue weighted by Crippen LogP contribution is 2.22. The quantitative estimate of drug-likeness (QED) is 0.796. The SMILES string of the molecule is CCC(Cl)C(=O)N(Cn1cnnc1)c1ccccc1C. The Morgan fingerprint density at radius 2 is 2.00 bits per heavy atom. The van der Waals surface area contributed by atoms with Crippen molar-refractivity contribution in [1.29, 1.82) is 0 Å². The van der Waals surface area contributed by atoms with Crippen molar-refractivity contribution in [2.45, 2.75) is 32.3 Å². The summed E-state index contributed by atoms with van der Waals surface area (Å²) in [7, 11) is 0. The number of hydrogen-bond donors (Lipinski definition) is 0. The summed E-state index contributed by atoms with van der Waals surface area (Å²) in [5, 5.41) is 6.98. The van der Waals surface area contributed by atoms with Gasteiger partial charge in [-0.2, -0.15) is 0 Å². The van der Waals surface area contributed by atoms with E-state index >= 15 is 0 Å². The molecular weight excluding hydrogens is 276 g/mol. The molecule has 0 N–H and O–H groups in total. The molecule has 0 saturated carbocycles. The fourth-order valence-corrected chi connectivity index (χ4v) is 2.05. The highest BCUT2D eigenvalue weighted by molar-refractivity contribution is 6.32. The molecule has 0 saturated heterocycles. The van der Waals surface area contributed by atoms with E-state index in [9.17, 15) is 4.79 Å². The number of aryl methyl sites for hydroxylation is 1. The Hall–Kier alpha value is -1.88. The summed E-state index contributed by atoms with van der Waals surface area (Å²) in [6, 6.07) is 7.73. The lowest BCUT2D eigenvalue weighted by Gasteiger charge is -2.26. The van der Waals surface area contributed by atoms with Crippen LogP contribution in [0.4, 0.5) is 5.69 Å². The van der Waals surface area contributed by atoms with Crippen molar-refractivity contribution in [3.63, 3.8) is 0 Å². The fraction of sp³-hybridized carbons (Fsp3) is 0.357. The molecule has 0 aliphatic heterocycles. The van der Waals surface area contributed by atoms with Gasteiger partial charge in [-0.15, -0.1) is 21.8 Å². The second-order valence-electron chi connectivity index (χ2n) is 4.55. The Kier molecular flexibility index (Phi) is 4.74. The van der Waals surface area contributed by atoms with Crippen molar-refractivity contribution in [2.75, 3.05) is 4.90 Å². The standard InChI is InChI=1S/C14H17ClN4O/c1-3-12(15)14(20)19(10-18-8-16-17-9-18)13-7-5-4-6-11(13)2/h4-9,12H,3,10H2,1-2H3. The normalized spacial score (nSPS) is 12.2. The molecule has 0 aliphatic rings. The number of nitrogens with zero attached hydrogens (tertiary/aromatic N) is 4. The minimum Gasteiger partial charge on any atom is -0.301 e. The summed E-state index contributed by atoms with van der Waals surface area (Å²) in [6.45, 7) is 4.21. The fourth-order valence-electron chi connectivity index (χ4n) is 1.93. The Labute approximate surface area is 123 Å². The van der Waals surface area contributed by atoms with Gasteiger partial charge in [-0.3, -0.25) is 9.69 Å². The van der Waals surface area contributed by atoms with Crippen molar-refractivity contribution in [3.8, 4) is 0 Å². The summed E-state index contributed by atoms with van der Waals surface area (Å²) in [6.07, 6.45) is 3.74. The smallest absolute Gasteiger partial charge is 0.246 e. The third-order valence-electron chi connectivity index (χ3n) is 3.07. The number of anilines is 1. The summed E-state index contributed by atoms with van der Waals surface area (Å²) in [5.41, 5.74) is 1.87. The number of hydrogen-bond acceptors (Lipinski definition) is 3. The number of amides is 1. The molecule has 2 rings (SSSR count). The Morgan fingerprint density at radius 3 is 2.60 bits per heavy atom. The van der Waals surface area contributed by atoms with Gasteiger partial charge in [0.25, 0.3) is 0 Å². The van der Waals surface area contributed by atoms with Crippen molar-refractivity contribution in [3.05, 3.63) is 42.5 Å². The number of rotatable bonds is 5. The van der Waals surface area contributed by atoms with Gasteiger partial charge < -0.3 is 4.57 Å². The molecule has 106 valence electrons. The van der Waals surface area contributed by atoms with Crippen LogP contribution in [-0.4, -0.2) is 26.0 Å². The molecule has 2 aromatic rings. The third kappa shape index (κ3) is 3.17. The third-order valence-corrected chi connectivity index (χ3v) is 3.57. The van der Waals surface area contributed by atoms with Crippen LogP contribution in [0.3, 0.4) is 0 Å². The molecule has 1 aromatic heterocycles. The largest absolute Gasteiger partial charge is 0.301 e. The van der Waals surface area contributed by atoms with Crippen LogP contribution >= 0.6 is 11.6 Å². The molecule has 0 spiro atoms. The summed E-state index contributed by atoms with van der Waals surface area (Å²) < 4.78 is 1.74. The van der Waals surface area contributed by atoms with Crippen molar-refractivity contribution in [2.24, 2.45) is 0 Å². The van der Waals surface area contributed by atoms with Gasteiger partial charge in [0.05, 0.1) is 0 Å².